The van der Waals surface area contributed by atoms with Gasteiger partial charge in [-0.3, -0.25) is 14.7 Å². The number of piperazine rings is 1. The molecule has 0 N–H and O–H groups in total. The van der Waals surface area contributed by atoms with Crippen molar-refractivity contribution >= 4 is 5.91 Å². The molecule has 0 aliphatic carbocycles. The number of aromatic nitrogens is 1. The Hall–Kier alpha value is -2.41. The van der Waals surface area contributed by atoms with E-state index in [1.54, 1.807) is 41.3 Å². The number of halogens is 3. The fourth-order valence-corrected chi connectivity index (χ4v) is 3.08. The third-order valence-electron chi connectivity index (χ3n) is 4.28. The van der Waals surface area contributed by atoms with E-state index in [4.69, 9.17) is 0 Å². The third kappa shape index (κ3) is 3.99. The van der Waals surface area contributed by atoms with Crippen LogP contribution in [0.4, 0.5) is 13.2 Å². The Morgan fingerprint density at radius 2 is 1.60 bits per heavy atom. The number of carbonyl (C=O) groups is 1. The number of hydrogen-bond acceptors (Lipinski definition) is 3. The predicted octanol–water partition coefficient (Wildman–Crippen LogP) is 3.14. The van der Waals surface area contributed by atoms with Crippen LogP contribution in [0.25, 0.3) is 0 Å². The number of nitrogens with zero attached hydrogens (tertiary/aromatic N) is 3. The number of amides is 1. The van der Waals surface area contributed by atoms with E-state index < -0.39 is 12.2 Å². The number of alkyl halides is 3. The highest BCUT2D eigenvalue weighted by atomic mass is 19.4. The first-order chi connectivity index (χ1) is 12.0. The Morgan fingerprint density at radius 3 is 2.16 bits per heavy atom. The van der Waals surface area contributed by atoms with Crippen molar-refractivity contribution < 1.29 is 18.0 Å². The van der Waals surface area contributed by atoms with Crippen LogP contribution >= 0.6 is 0 Å². The highest BCUT2D eigenvalue weighted by molar-refractivity contribution is 5.92. The summed E-state index contributed by atoms with van der Waals surface area (Å²) in [4.78, 5) is 19.3. The van der Waals surface area contributed by atoms with Crippen molar-refractivity contribution in [1.29, 1.82) is 0 Å². The number of carbonyl (C=O) groups excluding carboxylic acids is 1. The monoisotopic (exact) mass is 349 g/mol. The average Bonchev–Trinajstić information content (AvgIpc) is 2.62. The SMILES string of the molecule is O=C(c1ccccn1)N1CCN([C@@H](c2ccccc2)C(F)(F)F)CC1. The van der Waals surface area contributed by atoms with Gasteiger partial charge in [0.25, 0.3) is 5.91 Å². The highest BCUT2D eigenvalue weighted by Crippen LogP contribution is 2.38. The van der Waals surface area contributed by atoms with Gasteiger partial charge in [0.1, 0.15) is 11.7 Å². The summed E-state index contributed by atoms with van der Waals surface area (Å²) in [6, 6.07) is 11.3. The molecule has 1 saturated heterocycles. The maximum absolute atomic E-state index is 13.6. The summed E-state index contributed by atoms with van der Waals surface area (Å²) >= 11 is 0. The zero-order valence-corrected chi connectivity index (χ0v) is 13.5. The molecule has 3 rings (SSSR count). The van der Waals surface area contributed by atoms with Crippen LogP contribution in [0.2, 0.25) is 0 Å². The average molecular weight is 349 g/mol. The van der Waals surface area contributed by atoms with Gasteiger partial charge in [-0.2, -0.15) is 13.2 Å². The molecule has 2 heterocycles. The summed E-state index contributed by atoms with van der Waals surface area (Å²) in [6.45, 7) is 0.818. The minimum Gasteiger partial charge on any atom is -0.335 e. The molecule has 0 radical (unpaired) electrons. The molecule has 1 aromatic carbocycles. The lowest BCUT2D eigenvalue weighted by atomic mass is 10.0. The standard InChI is InChI=1S/C18H18F3N3O/c19-18(20,21)16(14-6-2-1-3-7-14)23-10-12-24(13-11-23)17(25)15-8-4-5-9-22-15/h1-9,16H,10-13H2/t16-/m0/s1. The molecule has 4 nitrogen and oxygen atoms in total. The van der Waals surface area contributed by atoms with Crippen molar-refractivity contribution in [2.45, 2.75) is 12.2 Å². The molecule has 132 valence electrons. The first-order valence-electron chi connectivity index (χ1n) is 8.03. The van der Waals surface area contributed by atoms with Gasteiger partial charge in [0.2, 0.25) is 0 Å². The van der Waals surface area contributed by atoms with Crippen LogP contribution in [0.5, 0.6) is 0 Å². The predicted molar refractivity (Wildman–Crippen MR) is 87.0 cm³/mol. The lowest BCUT2D eigenvalue weighted by Crippen LogP contribution is -2.52. The fraction of sp³-hybridized carbons (Fsp3) is 0.333. The Labute approximate surface area is 143 Å². The maximum atomic E-state index is 13.6. The fourth-order valence-electron chi connectivity index (χ4n) is 3.08. The Kier molecular flexibility index (Phi) is 5.03. The second-order valence-electron chi connectivity index (χ2n) is 5.90. The zero-order valence-electron chi connectivity index (χ0n) is 13.5. The van der Waals surface area contributed by atoms with Gasteiger partial charge in [0, 0.05) is 32.4 Å². The molecule has 0 saturated carbocycles. The second-order valence-corrected chi connectivity index (χ2v) is 5.90. The molecule has 0 bridgehead atoms. The normalized spacial score (nSPS) is 17.3. The molecule has 1 aromatic heterocycles. The summed E-state index contributed by atoms with van der Waals surface area (Å²) < 4.78 is 40.7. The third-order valence-corrected chi connectivity index (χ3v) is 4.28. The van der Waals surface area contributed by atoms with Gasteiger partial charge in [-0.05, 0) is 17.7 Å². The first-order valence-corrected chi connectivity index (χ1v) is 8.03. The summed E-state index contributed by atoms with van der Waals surface area (Å²) in [5.41, 5.74) is 0.533. The Balaban J connectivity index is 1.71. The van der Waals surface area contributed by atoms with E-state index in [1.807, 2.05) is 0 Å². The maximum Gasteiger partial charge on any atom is 0.408 e. The van der Waals surface area contributed by atoms with E-state index in [1.165, 1.54) is 23.2 Å². The van der Waals surface area contributed by atoms with Crippen LogP contribution in [0, 0.1) is 0 Å². The van der Waals surface area contributed by atoms with E-state index in [-0.39, 0.29) is 37.6 Å². The minimum atomic E-state index is -4.37. The van der Waals surface area contributed by atoms with E-state index >= 15 is 0 Å². The molecule has 2 aromatic rings. The van der Waals surface area contributed by atoms with Gasteiger partial charge in [-0.1, -0.05) is 36.4 Å². The smallest absolute Gasteiger partial charge is 0.335 e. The summed E-state index contributed by atoms with van der Waals surface area (Å²) in [6.07, 6.45) is -2.84. The lowest BCUT2D eigenvalue weighted by Gasteiger charge is -2.40. The molecule has 1 fully saturated rings. The molecule has 25 heavy (non-hydrogen) atoms. The number of pyridine rings is 1. The molecule has 7 heteroatoms. The number of hydrogen-bond donors (Lipinski definition) is 0. The van der Waals surface area contributed by atoms with Crippen LogP contribution in [-0.4, -0.2) is 53.0 Å². The van der Waals surface area contributed by atoms with E-state index in [0.29, 0.717) is 5.69 Å². The zero-order chi connectivity index (χ0) is 17.9. The molecule has 0 spiro atoms. The van der Waals surface area contributed by atoms with Crippen molar-refractivity contribution in [1.82, 2.24) is 14.8 Å². The molecule has 1 aliphatic heterocycles. The van der Waals surface area contributed by atoms with Gasteiger partial charge < -0.3 is 4.90 Å². The molecular weight excluding hydrogens is 331 g/mol. The van der Waals surface area contributed by atoms with E-state index in [2.05, 4.69) is 4.98 Å². The van der Waals surface area contributed by atoms with Crippen LogP contribution in [0.1, 0.15) is 22.1 Å². The van der Waals surface area contributed by atoms with Gasteiger partial charge in [-0.15, -0.1) is 0 Å². The first kappa shape index (κ1) is 17.4. The van der Waals surface area contributed by atoms with E-state index in [9.17, 15) is 18.0 Å². The Morgan fingerprint density at radius 1 is 0.960 bits per heavy atom. The van der Waals surface area contributed by atoms with Crippen molar-refractivity contribution in [3.8, 4) is 0 Å². The highest BCUT2D eigenvalue weighted by Gasteiger charge is 2.45. The van der Waals surface area contributed by atoms with Crippen LogP contribution < -0.4 is 0 Å². The second kappa shape index (κ2) is 7.23. The van der Waals surface area contributed by atoms with Crippen molar-refractivity contribution in [3.63, 3.8) is 0 Å². The molecule has 1 atom stereocenters. The summed E-state index contributed by atoms with van der Waals surface area (Å²) in [5, 5.41) is 0. The van der Waals surface area contributed by atoms with Crippen LogP contribution in [0.15, 0.2) is 54.7 Å². The topological polar surface area (TPSA) is 36.4 Å². The van der Waals surface area contributed by atoms with Crippen LogP contribution in [0.3, 0.4) is 0 Å². The van der Waals surface area contributed by atoms with Gasteiger partial charge in [0.15, 0.2) is 0 Å². The molecule has 1 aliphatic rings. The number of benzene rings is 1. The van der Waals surface area contributed by atoms with Crippen molar-refractivity contribution in [3.05, 3.63) is 66.0 Å². The molecule has 1 amide bonds. The van der Waals surface area contributed by atoms with Gasteiger partial charge >= 0.3 is 6.18 Å². The Bertz CT molecular complexity index is 699. The van der Waals surface area contributed by atoms with Gasteiger partial charge in [-0.25, -0.2) is 0 Å². The largest absolute Gasteiger partial charge is 0.408 e. The van der Waals surface area contributed by atoms with E-state index in [0.717, 1.165) is 0 Å². The van der Waals surface area contributed by atoms with Gasteiger partial charge in [0.05, 0.1) is 0 Å². The van der Waals surface area contributed by atoms with Crippen LogP contribution in [-0.2, 0) is 0 Å². The quantitative estimate of drug-likeness (QED) is 0.854. The van der Waals surface area contributed by atoms with Crippen molar-refractivity contribution in [2.24, 2.45) is 0 Å². The molecular formula is C18H18F3N3O. The summed E-state index contributed by atoms with van der Waals surface area (Å²) in [7, 11) is 0. The lowest BCUT2D eigenvalue weighted by molar-refractivity contribution is -0.189. The minimum absolute atomic E-state index is 0.164. The van der Waals surface area contributed by atoms with Crippen molar-refractivity contribution in [2.75, 3.05) is 26.2 Å². The summed E-state index contributed by atoms with van der Waals surface area (Å²) in [5.74, 6) is -0.247. The number of rotatable bonds is 3. The molecule has 0 unspecified atom stereocenters.